The summed E-state index contributed by atoms with van der Waals surface area (Å²) in [7, 11) is 0. The zero-order chi connectivity index (χ0) is 26.1. The van der Waals surface area contributed by atoms with Crippen molar-refractivity contribution in [2.45, 2.75) is 50.5 Å². The molecule has 2 amide bonds. The van der Waals surface area contributed by atoms with Gasteiger partial charge in [-0.1, -0.05) is 50.1 Å². The van der Waals surface area contributed by atoms with Crippen molar-refractivity contribution in [1.29, 1.82) is 0 Å². The zero-order valence-corrected chi connectivity index (χ0v) is 24.3. The van der Waals surface area contributed by atoms with E-state index in [1.54, 1.807) is 6.21 Å². The molecule has 0 aromatic heterocycles. The molecule has 4 bridgehead atoms. The third-order valence-electron chi connectivity index (χ3n) is 8.46. The van der Waals surface area contributed by atoms with E-state index in [9.17, 15) is 4.79 Å². The highest BCUT2D eigenvalue weighted by atomic mass is 79.9. The van der Waals surface area contributed by atoms with Crippen LogP contribution in [0.25, 0.3) is 0 Å². The number of carbonyl (C=O) groups excluding carboxylic acids is 1. The molecular formula is C31H31Br2N3O2. The Hall–Kier alpha value is -2.64. The van der Waals surface area contributed by atoms with Crippen LogP contribution < -0.4 is 15.5 Å². The Morgan fingerprint density at radius 3 is 2.21 bits per heavy atom. The van der Waals surface area contributed by atoms with Gasteiger partial charge in [-0.25, -0.2) is 10.2 Å². The Kier molecular flexibility index (Phi) is 7.32. The summed E-state index contributed by atoms with van der Waals surface area (Å²) in [6.45, 7) is 0.465. The van der Waals surface area contributed by atoms with Crippen molar-refractivity contribution < 1.29 is 9.53 Å². The van der Waals surface area contributed by atoms with E-state index in [-0.39, 0.29) is 6.03 Å². The number of nitrogens with zero attached hydrogens (tertiary/aromatic N) is 1. The molecule has 7 rings (SSSR count). The van der Waals surface area contributed by atoms with Crippen LogP contribution in [0.1, 0.15) is 55.2 Å². The molecule has 3 aromatic carbocycles. The van der Waals surface area contributed by atoms with Gasteiger partial charge in [0, 0.05) is 20.2 Å². The molecule has 38 heavy (non-hydrogen) atoms. The Bertz CT molecular complexity index is 1300. The van der Waals surface area contributed by atoms with E-state index in [1.807, 2.05) is 54.6 Å². The van der Waals surface area contributed by atoms with E-state index >= 15 is 0 Å². The molecule has 4 aliphatic rings. The fourth-order valence-corrected chi connectivity index (χ4v) is 8.31. The van der Waals surface area contributed by atoms with E-state index in [1.165, 1.54) is 44.1 Å². The second kappa shape index (κ2) is 10.9. The second-order valence-corrected chi connectivity index (χ2v) is 13.0. The summed E-state index contributed by atoms with van der Waals surface area (Å²) in [5.41, 5.74) is 7.09. The molecule has 0 heterocycles. The van der Waals surface area contributed by atoms with Crippen molar-refractivity contribution in [2.75, 3.05) is 5.32 Å². The number of hydrazone groups is 1. The average molecular weight is 637 g/mol. The van der Waals surface area contributed by atoms with Crippen LogP contribution in [-0.4, -0.2) is 12.2 Å². The molecule has 5 nitrogen and oxygen atoms in total. The van der Waals surface area contributed by atoms with E-state index in [0.717, 1.165) is 49.3 Å². The number of amides is 2. The summed E-state index contributed by atoms with van der Waals surface area (Å²) in [5.74, 6) is 3.53. The fraction of sp³-hybridized carbons (Fsp3) is 0.355. The highest BCUT2D eigenvalue weighted by Gasteiger charge is 2.51. The lowest BCUT2D eigenvalue weighted by Crippen LogP contribution is -2.48. The van der Waals surface area contributed by atoms with Gasteiger partial charge in [-0.3, -0.25) is 0 Å². The van der Waals surface area contributed by atoms with Gasteiger partial charge in [0.05, 0.1) is 6.21 Å². The highest BCUT2D eigenvalue weighted by Crippen LogP contribution is 2.60. The standard InChI is InChI=1S/C31H31Br2N3O2/c32-26-6-3-24(29(33)14-26)19-38-28-9-1-20(2-10-28)18-34-36-30(37)35-27-7-4-25(5-8-27)31-15-21-11-22(16-31)13-23(12-21)17-31/h1-10,14,18,21-23H,11-13,15-17,19H2,(H2,35,36,37)/b34-18+. The van der Waals surface area contributed by atoms with Crippen molar-refractivity contribution in [2.24, 2.45) is 22.9 Å². The summed E-state index contributed by atoms with van der Waals surface area (Å²) in [5, 5.41) is 6.97. The van der Waals surface area contributed by atoms with E-state index in [2.05, 4.69) is 59.8 Å². The number of ether oxygens (including phenoxy) is 1. The largest absolute Gasteiger partial charge is 0.489 e. The smallest absolute Gasteiger partial charge is 0.339 e. The highest BCUT2D eigenvalue weighted by molar-refractivity contribution is 9.11. The molecule has 0 spiro atoms. The lowest BCUT2D eigenvalue weighted by molar-refractivity contribution is -0.00518. The monoisotopic (exact) mass is 635 g/mol. The lowest BCUT2D eigenvalue weighted by atomic mass is 9.48. The van der Waals surface area contributed by atoms with Crippen LogP contribution in [0, 0.1) is 17.8 Å². The quantitative estimate of drug-likeness (QED) is 0.202. The van der Waals surface area contributed by atoms with Gasteiger partial charge in [0.25, 0.3) is 0 Å². The number of hydrogen-bond donors (Lipinski definition) is 2. The number of nitrogens with one attached hydrogen (secondary N) is 2. The van der Waals surface area contributed by atoms with Gasteiger partial charge in [-0.15, -0.1) is 0 Å². The third-order valence-corrected chi connectivity index (χ3v) is 9.69. The van der Waals surface area contributed by atoms with E-state index in [4.69, 9.17) is 4.74 Å². The molecule has 0 atom stereocenters. The normalized spacial score (nSPS) is 25.5. The van der Waals surface area contributed by atoms with E-state index < -0.39 is 0 Å². The molecule has 0 unspecified atom stereocenters. The minimum Gasteiger partial charge on any atom is -0.489 e. The van der Waals surface area contributed by atoms with E-state index in [0.29, 0.717) is 12.0 Å². The van der Waals surface area contributed by atoms with Crippen LogP contribution in [-0.2, 0) is 12.0 Å². The maximum Gasteiger partial charge on any atom is 0.339 e. The molecule has 3 aromatic rings. The lowest BCUT2D eigenvalue weighted by Gasteiger charge is -2.57. The number of anilines is 1. The van der Waals surface area contributed by atoms with Gasteiger partial charge in [0.1, 0.15) is 12.4 Å². The molecule has 2 N–H and O–H groups in total. The van der Waals surface area contributed by atoms with Crippen LogP contribution in [0.3, 0.4) is 0 Å². The van der Waals surface area contributed by atoms with Crippen LogP contribution in [0.4, 0.5) is 10.5 Å². The summed E-state index contributed by atoms with van der Waals surface area (Å²) in [4.78, 5) is 12.4. The number of hydrogen-bond acceptors (Lipinski definition) is 3. The molecule has 7 heteroatoms. The average Bonchev–Trinajstić information content (AvgIpc) is 2.89. The first kappa shape index (κ1) is 25.6. The predicted octanol–water partition coefficient (Wildman–Crippen LogP) is 8.41. The number of benzene rings is 3. The summed E-state index contributed by atoms with van der Waals surface area (Å²) in [6.07, 6.45) is 9.99. The first-order valence-electron chi connectivity index (χ1n) is 13.3. The third kappa shape index (κ3) is 5.69. The van der Waals surface area contributed by atoms with Crippen molar-refractivity contribution in [1.82, 2.24) is 5.43 Å². The first-order valence-corrected chi connectivity index (χ1v) is 14.9. The van der Waals surface area contributed by atoms with Gasteiger partial charge in [0.15, 0.2) is 0 Å². The summed E-state index contributed by atoms with van der Waals surface area (Å²) >= 11 is 7.02. The van der Waals surface area contributed by atoms with Gasteiger partial charge in [-0.05, 0) is 121 Å². The van der Waals surface area contributed by atoms with Crippen LogP contribution in [0.15, 0.2) is 80.8 Å². The molecule has 0 radical (unpaired) electrons. The molecular weight excluding hydrogens is 606 g/mol. The van der Waals surface area contributed by atoms with Crippen LogP contribution >= 0.6 is 31.9 Å². The minimum atomic E-state index is -0.358. The summed E-state index contributed by atoms with van der Waals surface area (Å²) < 4.78 is 7.90. The Balaban J connectivity index is 0.984. The first-order chi connectivity index (χ1) is 18.4. The van der Waals surface area contributed by atoms with Gasteiger partial charge in [-0.2, -0.15) is 5.10 Å². The molecule has 4 fully saturated rings. The Labute approximate surface area is 240 Å². The fourth-order valence-electron chi connectivity index (χ4n) is 7.15. The van der Waals surface area contributed by atoms with Crippen LogP contribution in [0.2, 0.25) is 0 Å². The molecule has 4 saturated carbocycles. The van der Waals surface area contributed by atoms with Crippen LogP contribution in [0.5, 0.6) is 5.75 Å². The van der Waals surface area contributed by atoms with Crippen molar-refractivity contribution in [3.8, 4) is 5.75 Å². The van der Waals surface area contributed by atoms with Crippen molar-refractivity contribution in [3.05, 3.63) is 92.4 Å². The van der Waals surface area contributed by atoms with Gasteiger partial charge >= 0.3 is 6.03 Å². The van der Waals surface area contributed by atoms with Gasteiger partial charge < -0.3 is 10.1 Å². The molecule has 0 saturated heterocycles. The number of urea groups is 1. The van der Waals surface area contributed by atoms with Crippen molar-refractivity contribution in [3.63, 3.8) is 0 Å². The maximum atomic E-state index is 12.4. The second-order valence-electron chi connectivity index (χ2n) is 11.2. The predicted molar refractivity (Wildman–Crippen MR) is 159 cm³/mol. The summed E-state index contributed by atoms with van der Waals surface area (Å²) in [6, 6.07) is 21.7. The minimum absolute atomic E-state index is 0.358. The topological polar surface area (TPSA) is 62.7 Å². The van der Waals surface area contributed by atoms with Crippen molar-refractivity contribution >= 4 is 49.8 Å². The molecule has 196 valence electrons. The number of halogens is 2. The Morgan fingerprint density at radius 1 is 0.921 bits per heavy atom. The zero-order valence-electron chi connectivity index (χ0n) is 21.1. The molecule has 4 aliphatic carbocycles. The molecule has 0 aliphatic heterocycles. The number of rotatable bonds is 7. The number of carbonyl (C=O) groups is 1. The SMILES string of the molecule is O=C(N/N=C/c1ccc(OCc2ccc(Br)cc2Br)cc1)Nc1ccc(C23CC4CC(CC(C4)C2)C3)cc1. The van der Waals surface area contributed by atoms with Gasteiger partial charge in [0.2, 0.25) is 0 Å². The Morgan fingerprint density at radius 2 is 1.58 bits per heavy atom. The maximum absolute atomic E-state index is 12.4.